The maximum atomic E-state index is 14.5. The van der Waals surface area contributed by atoms with Gasteiger partial charge >= 0.3 is 12.1 Å². The molecule has 262 valence electrons. The molecule has 3 N–H and O–H groups in total. The topological polar surface area (TPSA) is 128 Å². The molecule has 2 aromatic carbocycles. The number of hydrogen-bond donors (Lipinski definition) is 3. The van der Waals surface area contributed by atoms with E-state index in [9.17, 15) is 24.3 Å². The molecule has 3 amide bonds. The van der Waals surface area contributed by atoms with Gasteiger partial charge in [0.1, 0.15) is 23.2 Å². The Morgan fingerprint density at radius 1 is 0.918 bits per heavy atom. The molecule has 3 aliphatic heterocycles. The molecule has 2 aromatic rings. The Bertz CT molecular complexity index is 1490. The number of carbonyl (C=O) groups is 4. The van der Waals surface area contributed by atoms with Crippen LogP contribution < -0.4 is 10.6 Å². The standard InChI is InChI=1S/C39H50N4O6/c1-38(2,3)49-37(48)40-32-20-14-6-4-5-13-19-28-22-39(28,36(46)47)41-34(44)33-21-29(23-43(33)35(32)45)42-24-30(26-15-9-7-10-16-26)31(25-42)27-17-11-8-12-18-27/h7-13,15-19,28-33H,4-6,14,20-25H2,1-3H3,(H,40,48)(H,41,44)(H,46,47)/b19-13+/t28?,29-,30+,31+,32?,33?,39?/m1/s1. The highest BCUT2D eigenvalue weighted by molar-refractivity contribution is 5.96. The fourth-order valence-corrected chi connectivity index (χ4v) is 8.00. The molecule has 3 fully saturated rings. The number of fused-ring (bicyclic) bond motifs is 2. The third-order valence-corrected chi connectivity index (χ3v) is 10.6. The van der Waals surface area contributed by atoms with Crippen molar-refractivity contribution in [1.82, 2.24) is 20.4 Å². The van der Waals surface area contributed by atoms with Gasteiger partial charge in [-0.3, -0.25) is 14.5 Å². The molecule has 4 aliphatic rings. The van der Waals surface area contributed by atoms with E-state index < -0.39 is 41.2 Å². The number of carboxylic acid groups (broad SMARTS) is 1. The van der Waals surface area contributed by atoms with Crippen molar-refractivity contribution in [3.8, 4) is 0 Å². The number of benzene rings is 2. The first-order valence-electron chi connectivity index (χ1n) is 17.8. The van der Waals surface area contributed by atoms with Crippen LogP contribution >= 0.6 is 0 Å². The van der Waals surface area contributed by atoms with Crippen LogP contribution in [0.25, 0.3) is 0 Å². The molecular weight excluding hydrogens is 620 g/mol. The van der Waals surface area contributed by atoms with Crippen LogP contribution in [0, 0.1) is 5.92 Å². The number of alkyl carbamates (subject to hydrolysis) is 1. The number of ether oxygens (including phenoxy) is 1. The molecule has 10 heteroatoms. The zero-order valence-corrected chi connectivity index (χ0v) is 28.8. The smallest absolute Gasteiger partial charge is 0.408 e. The van der Waals surface area contributed by atoms with E-state index in [-0.39, 0.29) is 29.7 Å². The maximum absolute atomic E-state index is 14.5. The third-order valence-electron chi connectivity index (χ3n) is 10.6. The molecular formula is C39H50N4O6. The van der Waals surface area contributed by atoms with Gasteiger partial charge in [-0.2, -0.15) is 0 Å². The Hall–Kier alpha value is -4.18. The number of carbonyl (C=O) groups excluding carboxylic acids is 3. The summed E-state index contributed by atoms with van der Waals surface area (Å²) in [5.41, 5.74) is 0.378. The molecule has 10 nitrogen and oxygen atoms in total. The predicted molar refractivity (Wildman–Crippen MR) is 186 cm³/mol. The van der Waals surface area contributed by atoms with Crippen LogP contribution in [0.1, 0.15) is 88.7 Å². The zero-order valence-electron chi connectivity index (χ0n) is 28.8. The van der Waals surface area contributed by atoms with Crippen molar-refractivity contribution in [2.75, 3.05) is 19.6 Å². The van der Waals surface area contributed by atoms with Gasteiger partial charge in [-0.15, -0.1) is 0 Å². The van der Waals surface area contributed by atoms with Crippen molar-refractivity contribution in [3.63, 3.8) is 0 Å². The van der Waals surface area contributed by atoms with Crippen molar-refractivity contribution in [1.29, 1.82) is 0 Å². The average molecular weight is 671 g/mol. The number of likely N-dealkylation sites (tertiary alicyclic amines) is 1. The Kier molecular flexibility index (Phi) is 10.2. The summed E-state index contributed by atoms with van der Waals surface area (Å²) in [5, 5.41) is 15.9. The largest absolute Gasteiger partial charge is 0.479 e. The lowest BCUT2D eigenvalue weighted by molar-refractivity contribution is -0.145. The highest BCUT2D eigenvalue weighted by Gasteiger charge is 2.61. The van der Waals surface area contributed by atoms with Gasteiger partial charge in [0.2, 0.25) is 11.8 Å². The normalized spacial score (nSPS) is 31.8. The van der Waals surface area contributed by atoms with Crippen molar-refractivity contribution in [3.05, 3.63) is 83.9 Å². The van der Waals surface area contributed by atoms with Gasteiger partial charge < -0.3 is 25.4 Å². The summed E-state index contributed by atoms with van der Waals surface area (Å²) in [7, 11) is 0. The van der Waals surface area contributed by atoms with Crippen LogP contribution in [0.15, 0.2) is 72.8 Å². The molecule has 6 rings (SSSR count). The van der Waals surface area contributed by atoms with Crippen LogP contribution in [0.5, 0.6) is 0 Å². The Labute approximate surface area is 289 Å². The number of nitrogens with zero attached hydrogens (tertiary/aromatic N) is 2. The monoisotopic (exact) mass is 670 g/mol. The summed E-state index contributed by atoms with van der Waals surface area (Å²) in [4.78, 5) is 58.1. The van der Waals surface area contributed by atoms with E-state index in [0.717, 1.165) is 32.4 Å². The first-order chi connectivity index (χ1) is 23.4. The number of allylic oxidation sites excluding steroid dienone is 1. The number of carboxylic acids is 1. The Morgan fingerprint density at radius 3 is 2.14 bits per heavy atom. The second-order valence-electron chi connectivity index (χ2n) is 15.2. The number of aliphatic carboxylic acids is 1. The molecule has 0 radical (unpaired) electrons. The fourth-order valence-electron chi connectivity index (χ4n) is 8.00. The maximum Gasteiger partial charge on any atom is 0.408 e. The number of rotatable bonds is 5. The lowest BCUT2D eigenvalue weighted by Gasteiger charge is -2.30. The molecule has 4 unspecified atom stereocenters. The first kappa shape index (κ1) is 34.7. The van der Waals surface area contributed by atoms with E-state index in [1.54, 1.807) is 25.7 Å². The minimum absolute atomic E-state index is 0.128. The van der Waals surface area contributed by atoms with Crippen LogP contribution in [0.4, 0.5) is 4.79 Å². The summed E-state index contributed by atoms with van der Waals surface area (Å²) < 4.78 is 5.53. The van der Waals surface area contributed by atoms with Crippen molar-refractivity contribution >= 4 is 23.9 Å². The molecule has 7 atom stereocenters. The SMILES string of the molecule is CC(C)(C)OC(=O)NC1CCCCC/C=C/C2CC2(C(=O)O)NC(=O)C2C[C@@H](N3C[C@@H](c4ccccc4)[C@H](c4ccccc4)C3)CN2C1=O. The van der Waals surface area contributed by atoms with Crippen LogP contribution in [0.2, 0.25) is 0 Å². The number of hydrogen-bond acceptors (Lipinski definition) is 6. The van der Waals surface area contributed by atoms with Gasteiger partial charge in [0, 0.05) is 43.4 Å². The second kappa shape index (κ2) is 14.4. The number of nitrogens with one attached hydrogen (secondary N) is 2. The van der Waals surface area contributed by atoms with Gasteiger partial charge in [0.15, 0.2) is 0 Å². The van der Waals surface area contributed by atoms with E-state index in [2.05, 4.69) is 64.1 Å². The van der Waals surface area contributed by atoms with Crippen molar-refractivity contribution < 1.29 is 29.0 Å². The molecule has 49 heavy (non-hydrogen) atoms. The highest BCUT2D eigenvalue weighted by Crippen LogP contribution is 2.46. The van der Waals surface area contributed by atoms with Gasteiger partial charge in [-0.25, -0.2) is 9.59 Å². The summed E-state index contributed by atoms with van der Waals surface area (Å²) in [6.07, 6.45) is 7.55. The van der Waals surface area contributed by atoms with E-state index in [1.165, 1.54) is 11.1 Å². The van der Waals surface area contributed by atoms with Crippen LogP contribution in [-0.4, -0.2) is 87.7 Å². The summed E-state index contributed by atoms with van der Waals surface area (Å²) in [6, 6.07) is 19.1. The quantitative estimate of drug-likeness (QED) is 0.373. The molecule has 1 saturated carbocycles. The predicted octanol–water partition coefficient (Wildman–Crippen LogP) is 5.21. The van der Waals surface area contributed by atoms with Gasteiger partial charge in [-0.1, -0.05) is 85.7 Å². The number of amides is 3. The van der Waals surface area contributed by atoms with E-state index in [0.29, 0.717) is 32.2 Å². The first-order valence-corrected chi connectivity index (χ1v) is 17.8. The summed E-state index contributed by atoms with van der Waals surface area (Å²) >= 11 is 0. The molecule has 0 bridgehead atoms. The summed E-state index contributed by atoms with van der Waals surface area (Å²) in [6.45, 7) is 7.14. The molecule has 1 aliphatic carbocycles. The van der Waals surface area contributed by atoms with Gasteiger partial charge in [0.05, 0.1) is 0 Å². The minimum atomic E-state index is -1.38. The Balaban J connectivity index is 1.30. The summed E-state index contributed by atoms with van der Waals surface area (Å²) in [5.74, 6) is -1.70. The molecule has 3 heterocycles. The fraction of sp³-hybridized carbons (Fsp3) is 0.538. The lowest BCUT2D eigenvalue weighted by atomic mass is 9.84. The highest BCUT2D eigenvalue weighted by atomic mass is 16.6. The average Bonchev–Trinajstić information content (AvgIpc) is 3.38. The minimum Gasteiger partial charge on any atom is -0.479 e. The molecule has 0 aromatic heterocycles. The third kappa shape index (κ3) is 7.85. The van der Waals surface area contributed by atoms with E-state index >= 15 is 0 Å². The van der Waals surface area contributed by atoms with E-state index in [4.69, 9.17) is 4.74 Å². The Morgan fingerprint density at radius 2 is 1.55 bits per heavy atom. The second-order valence-corrected chi connectivity index (χ2v) is 15.2. The zero-order chi connectivity index (χ0) is 34.8. The van der Waals surface area contributed by atoms with Gasteiger partial charge in [-0.05, 0) is 64.0 Å². The van der Waals surface area contributed by atoms with Gasteiger partial charge in [0.25, 0.3) is 0 Å². The van der Waals surface area contributed by atoms with Crippen molar-refractivity contribution in [2.45, 2.75) is 107 Å². The molecule has 0 spiro atoms. The van der Waals surface area contributed by atoms with Crippen molar-refractivity contribution in [2.24, 2.45) is 5.92 Å². The van der Waals surface area contributed by atoms with Crippen LogP contribution in [-0.2, 0) is 19.1 Å². The lowest BCUT2D eigenvalue weighted by Crippen LogP contribution is -2.56. The molecule has 2 saturated heterocycles. The van der Waals surface area contributed by atoms with E-state index in [1.807, 2.05) is 24.3 Å². The van der Waals surface area contributed by atoms with Crippen LogP contribution in [0.3, 0.4) is 0 Å².